The fraction of sp³-hybridized carbons (Fsp3) is 0. The molecule has 1 heterocycles. The summed E-state index contributed by atoms with van der Waals surface area (Å²) in [5.41, 5.74) is 4.59. The summed E-state index contributed by atoms with van der Waals surface area (Å²) in [7, 11) is 0. The quantitative estimate of drug-likeness (QED) is 0.462. The zero-order valence-electron chi connectivity index (χ0n) is 13.6. The van der Waals surface area contributed by atoms with Crippen molar-refractivity contribution >= 4 is 51.9 Å². The second-order valence-electron chi connectivity index (χ2n) is 5.37. The van der Waals surface area contributed by atoms with E-state index in [1.165, 1.54) is 12.2 Å². The maximum absolute atomic E-state index is 12.3. The molecular weight excluding hydrogens is 391 g/mol. The Morgan fingerprint density at radius 2 is 1.74 bits per heavy atom. The molecule has 3 N–H and O–H groups in total. The third kappa shape index (κ3) is 4.16. The lowest BCUT2D eigenvalue weighted by molar-refractivity contribution is -0.117. The van der Waals surface area contributed by atoms with Crippen molar-refractivity contribution in [2.75, 3.05) is 0 Å². The van der Waals surface area contributed by atoms with Crippen LogP contribution in [0, 0.1) is 0 Å². The minimum atomic E-state index is -0.676. The molecular formula is C18H12Cl2N4O3. The predicted molar refractivity (Wildman–Crippen MR) is 103 cm³/mol. The number of halogens is 2. The summed E-state index contributed by atoms with van der Waals surface area (Å²) in [4.78, 5) is 35.9. The summed E-state index contributed by atoms with van der Waals surface area (Å²) in [6.07, 6.45) is 2.65. The average Bonchev–Trinajstić information content (AvgIpc) is 2.68. The number of H-pyrrole nitrogens is 1. The molecule has 0 atom stereocenters. The molecule has 0 saturated heterocycles. The van der Waals surface area contributed by atoms with Crippen molar-refractivity contribution in [3.8, 4) is 0 Å². The van der Waals surface area contributed by atoms with E-state index in [0.717, 1.165) is 0 Å². The van der Waals surface area contributed by atoms with Crippen LogP contribution >= 0.6 is 23.2 Å². The van der Waals surface area contributed by atoms with Gasteiger partial charge in [0.1, 0.15) is 0 Å². The van der Waals surface area contributed by atoms with Crippen LogP contribution in [-0.4, -0.2) is 22.0 Å². The number of carbonyl (C=O) groups excluding carboxylic acids is 2. The number of hydrazine groups is 1. The van der Waals surface area contributed by atoms with Crippen molar-refractivity contribution in [3.05, 3.63) is 80.2 Å². The van der Waals surface area contributed by atoms with E-state index in [1.54, 1.807) is 42.5 Å². The second kappa shape index (κ2) is 8.03. The first kappa shape index (κ1) is 18.6. The van der Waals surface area contributed by atoms with Crippen molar-refractivity contribution in [1.82, 2.24) is 21.0 Å². The van der Waals surface area contributed by atoms with Gasteiger partial charge in [0.2, 0.25) is 0 Å². The number of fused-ring (bicyclic) bond motifs is 1. The number of benzene rings is 2. The lowest BCUT2D eigenvalue weighted by atomic mass is 10.1. The molecule has 0 unspecified atom stereocenters. The van der Waals surface area contributed by atoms with Crippen LogP contribution in [-0.2, 0) is 4.79 Å². The van der Waals surface area contributed by atoms with Gasteiger partial charge in [0.25, 0.3) is 17.4 Å². The molecule has 2 aromatic carbocycles. The van der Waals surface area contributed by atoms with Crippen LogP contribution in [0.25, 0.3) is 16.8 Å². The predicted octanol–water partition coefficient (Wildman–Crippen LogP) is 2.70. The normalized spacial score (nSPS) is 10.9. The van der Waals surface area contributed by atoms with Gasteiger partial charge in [0.05, 0.1) is 15.4 Å². The summed E-state index contributed by atoms with van der Waals surface area (Å²) >= 11 is 11.9. The molecule has 3 rings (SSSR count). The molecule has 2 amide bonds. The Hall–Kier alpha value is -3.16. The van der Waals surface area contributed by atoms with E-state index in [9.17, 15) is 14.4 Å². The van der Waals surface area contributed by atoms with Crippen LogP contribution < -0.4 is 16.4 Å². The number of nitrogens with one attached hydrogen (secondary N) is 3. The number of aromatic amines is 1. The summed E-state index contributed by atoms with van der Waals surface area (Å²) in [6.45, 7) is 0. The van der Waals surface area contributed by atoms with Crippen molar-refractivity contribution in [2.24, 2.45) is 0 Å². The molecule has 0 aliphatic heterocycles. The molecule has 0 radical (unpaired) electrons. The van der Waals surface area contributed by atoms with Gasteiger partial charge in [-0.2, -0.15) is 5.10 Å². The molecule has 136 valence electrons. The fourth-order valence-electron chi connectivity index (χ4n) is 2.32. The van der Waals surface area contributed by atoms with Crippen LogP contribution in [0.5, 0.6) is 0 Å². The monoisotopic (exact) mass is 402 g/mol. The Bertz CT molecular complexity index is 1130. The lowest BCUT2D eigenvalue weighted by Crippen LogP contribution is -2.41. The van der Waals surface area contributed by atoms with Crippen molar-refractivity contribution in [3.63, 3.8) is 0 Å². The van der Waals surface area contributed by atoms with E-state index in [0.29, 0.717) is 26.4 Å². The van der Waals surface area contributed by atoms with Gasteiger partial charge in [-0.25, -0.2) is 5.10 Å². The van der Waals surface area contributed by atoms with Crippen molar-refractivity contribution in [2.45, 2.75) is 0 Å². The number of hydrogen-bond donors (Lipinski definition) is 3. The molecule has 0 bridgehead atoms. The van der Waals surface area contributed by atoms with Crippen molar-refractivity contribution < 1.29 is 9.59 Å². The molecule has 9 heteroatoms. The number of carbonyl (C=O) groups is 2. The molecule has 3 aromatic rings. The first-order valence-electron chi connectivity index (χ1n) is 7.67. The smallest absolute Gasteiger partial charge is 0.268 e. The van der Waals surface area contributed by atoms with E-state index in [1.807, 2.05) is 0 Å². The summed E-state index contributed by atoms with van der Waals surface area (Å²) in [5.74, 6) is -1.27. The van der Waals surface area contributed by atoms with E-state index >= 15 is 0 Å². The molecule has 7 nitrogen and oxygen atoms in total. The Labute approximate surface area is 163 Å². The minimum absolute atomic E-state index is 0.0210. The molecule has 0 spiro atoms. The molecule has 0 aliphatic carbocycles. The second-order valence-corrected chi connectivity index (χ2v) is 6.15. The van der Waals surface area contributed by atoms with Gasteiger partial charge < -0.3 is 0 Å². The Kier molecular flexibility index (Phi) is 5.54. The third-order valence-corrected chi connectivity index (χ3v) is 4.44. The summed E-state index contributed by atoms with van der Waals surface area (Å²) in [6, 6.07) is 11.5. The first-order valence-corrected chi connectivity index (χ1v) is 8.43. The number of aromatic nitrogens is 2. The molecule has 1 aromatic heterocycles. The van der Waals surface area contributed by atoms with Crippen LogP contribution in [0.4, 0.5) is 0 Å². The zero-order valence-corrected chi connectivity index (χ0v) is 15.1. The average molecular weight is 403 g/mol. The van der Waals surface area contributed by atoms with Gasteiger partial charge in [-0.15, -0.1) is 0 Å². The lowest BCUT2D eigenvalue weighted by Gasteiger charge is -2.07. The highest BCUT2D eigenvalue weighted by Gasteiger charge is 2.14. The third-order valence-electron chi connectivity index (χ3n) is 3.61. The van der Waals surface area contributed by atoms with E-state index in [2.05, 4.69) is 21.0 Å². The van der Waals surface area contributed by atoms with Crippen LogP contribution in [0.15, 0.2) is 53.3 Å². The Morgan fingerprint density at radius 1 is 1.00 bits per heavy atom. The number of rotatable bonds is 3. The van der Waals surface area contributed by atoms with E-state index < -0.39 is 17.4 Å². The number of nitrogens with zero attached hydrogens (tertiary/aromatic N) is 1. The highest BCUT2D eigenvalue weighted by Crippen LogP contribution is 2.26. The standard InChI is InChI=1S/C18H12Cl2N4O3/c19-13-7-3-4-10(15(13)20)8-9-14(25)21-24-18(27)16-11-5-1-2-6-12(11)17(26)23-22-16/h1-9H,(H,21,25)(H,23,26)(H,24,27)/b9-8+. The molecule has 0 saturated carbocycles. The number of amides is 2. The first-order chi connectivity index (χ1) is 13.0. The van der Waals surface area contributed by atoms with Gasteiger partial charge in [-0.3, -0.25) is 25.2 Å². The van der Waals surface area contributed by atoms with Gasteiger partial charge in [-0.05, 0) is 23.8 Å². The summed E-state index contributed by atoms with van der Waals surface area (Å²) < 4.78 is 0. The van der Waals surface area contributed by atoms with Gasteiger partial charge in [-0.1, -0.05) is 53.5 Å². The van der Waals surface area contributed by atoms with Gasteiger partial charge >= 0.3 is 0 Å². The summed E-state index contributed by atoms with van der Waals surface area (Å²) in [5, 5.41) is 7.37. The van der Waals surface area contributed by atoms with Gasteiger partial charge in [0, 0.05) is 11.5 Å². The number of hydrogen-bond acceptors (Lipinski definition) is 4. The molecule has 0 fully saturated rings. The highest BCUT2D eigenvalue weighted by molar-refractivity contribution is 6.42. The Balaban J connectivity index is 1.70. The molecule has 0 aliphatic rings. The van der Waals surface area contributed by atoms with Gasteiger partial charge in [0.15, 0.2) is 5.69 Å². The van der Waals surface area contributed by atoms with Crippen LogP contribution in [0.2, 0.25) is 10.0 Å². The fourth-order valence-corrected chi connectivity index (χ4v) is 2.69. The topological polar surface area (TPSA) is 104 Å². The minimum Gasteiger partial charge on any atom is -0.268 e. The SMILES string of the molecule is O=C(/C=C/c1cccc(Cl)c1Cl)NNC(=O)c1n[nH]c(=O)c2ccccc12. The Morgan fingerprint density at radius 3 is 2.52 bits per heavy atom. The highest BCUT2D eigenvalue weighted by atomic mass is 35.5. The maximum Gasteiger partial charge on any atom is 0.290 e. The van der Waals surface area contributed by atoms with E-state index in [-0.39, 0.29) is 5.69 Å². The van der Waals surface area contributed by atoms with E-state index in [4.69, 9.17) is 23.2 Å². The maximum atomic E-state index is 12.3. The van der Waals surface area contributed by atoms with Crippen molar-refractivity contribution in [1.29, 1.82) is 0 Å². The van der Waals surface area contributed by atoms with Crippen LogP contribution in [0.3, 0.4) is 0 Å². The molecule has 27 heavy (non-hydrogen) atoms. The zero-order chi connectivity index (χ0) is 19.4. The van der Waals surface area contributed by atoms with Crippen LogP contribution in [0.1, 0.15) is 16.1 Å². The largest absolute Gasteiger partial charge is 0.290 e.